The van der Waals surface area contributed by atoms with Crippen molar-refractivity contribution in [3.05, 3.63) is 17.9 Å². The fourth-order valence-corrected chi connectivity index (χ4v) is 2.44. The number of anilines is 2. The molecule has 0 aliphatic carbocycles. The Morgan fingerprint density at radius 2 is 2.00 bits per heavy atom. The third-order valence-electron chi connectivity index (χ3n) is 1.54. The van der Waals surface area contributed by atoms with Crippen molar-refractivity contribution in [2.45, 2.75) is 4.90 Å². The Kier molecular flexibility index (Phi) is 2.66. The van der Waals surface area contributed by atoms with E-state index in [1.54, 1.807) is 0 Å². The van der Waals surface area contributed by atoms with Gasteiger partial charge in [0.25, 0.3) is 10.0 Å². The minimum Gasteiger partial charge on any atom is -0.368 e. The Hall–Kier alpha value is -1.81. The standard InChI is InChI=1S/C6H6N6O2S2/c7-5-8-1-4(2-9-5)16(13,14)12-6-11-10-3-15-6/h1-3H,(H,11,12)(H2,7,8,9). The summed E-state index contributed by atoms with van der Waals surface area (Å²) in [6.07, 6.45) is 2.23. The lowest BCUT2D eigenvalue weighted by molar-refractivity contribution is 0.600. The molecule has 0 amide bonds. The molecule has 2 aromatic rings. The van der Waals surface area contributed by atoms with Crippen LogP contribution in [0.3, 0.4) is 0 Å². The first kappa shape index (κ1) is 10.7. The third kappa shape index (κ3) is 2.23. The highest BCUT2D eigenvalue weighted by molar-refractivity contribution is 7.93. The minimum absolute atomic E-state index is 0.00913. The van der Waals surface area contributed by atoms with Gasteiger partial charge in [-0.05, 0) is 0 Å². The molecule has 0 spiro atoms. The van der Waals surface area contributed by atoms with Crippen LogP contribution in [0.25, 0.3) is 0 Å². The summed E-state index contributed by atoms with van der Waals surface area (Å²) >= 11 is 1.07. The molecule has 0 aliphatic rings. The Morgan fingerprint density at radius 3 is 2.56 bits per heavy atom. The number of nitrogens with one attached hydrogen (secondary N) is 1. The highest BCUT2D eigenvalue weighted by Crippen LogP contribution is 2.15. The van der Waals surface area contributed by atoms with Gasteiger partial charge in [-0.15, -0.1) is 10.2 Å². The lowest BCUT2D eigenvalue weighted by Crippen LogP contribution is -2.13. The quantitative estimate of drug-likeness (QED) is 0.775. The van der Waals surface area contributed by atoms with E-state index in [9.17, 15) is 8.42 Å². The average Bonchev–Trinajstić information content (AvgIpc) is 2.70. The molecular weight excluding hydrogens is 252 g/mol. The van der Waals surface area contributed by atoms with Crippen molar-refractivity contribution in [1.29, 1.82) is 0 Å². The third-order valence-corrected chi connectivity index (χ3v) is 3.57. The molecule has 0 saturated carbocycles. The first-order valence-corrected chi connectivity index (χ1v) is 6.31. The predicted molar refractivity (Wildman–Crippen MR) is 57.2 cm³/mol. The number of hydrogen-bond donors (Lipinski definition) is 2. The molecule has 84 valence electrons. The zero-order chi connectivity index (χ0) is 11.6. The van der Waals surface area contributed by atoms with Crippen LogP contribution < -0.4 is 10.5 Å². The first-order valence-electron chi connectivity index (χ1n) is 3.94. The molecule has 2 heterocycles. The number of nitrogens with zero attached hydrogens (tertiary/aromatic N) is 4. The van der Waals surface area contributed by atoms with E-state index in [2.05, 4.69) is 24.9 Å². The molecule has 0 saturated heterocycles. The molecule has 0 atom stereocenters. The van der Waals surface area contributed by atoms with Crippen molar-refractivity contribution >= 4 is 32.4 Å². The van der Waals surface area contributed by atoms with E-state index >= 15 is 0 Å². The van der Waals surface area contributed by atoms with Gasteiger partial charge in [0, 0.05) is 0 Å². The molecule has 2 aromatic heterocycles. The van der Waals surface area contributed by atoms with Gasteiger partial charge in [0.05, 0.1) is 12.4 Å². The molecule has 10 heteroatoms. The van der Waals surface area contributed by atoms with E-state index in [1.165, 1.54) is 5.51 Å². The van der Waals surface area contributed by atoms with Gasteiger partial charge in [-0.1, -0.05) is 11.3 Å². The van der Waals surface area contributed by atoms with Crippen LogP contribution in [-0.4, -0.2) is 28.6 Å². The van der Waals surface area contributed by atoms with Crippen LogP contribution in [0.1, 0.15) is 0 Å². The van der Waals surface area contributed by atoms with Crippen LogP contribution in [0.2, 0.25) is 0 Å². The largest absolute Gasteiger partial charge is 0.368 e. The number of rotatable bonds is 3. The summed E-state index contributed by atoms with van der Waals surface area (Å²) in [4.78, 5) is 7.09. The van der Waals surface area contributed by atoms with Crippen LogP contribution in [0.5, 0.6) is 0 Å². The number of aromatic nitrogens is 4. The monoisotopic (exact) mass is 258 g/mol. The molecular formula is C6H6N6O2S2. The smallest absolute Gasteiger partial charge is 0.266 e. The maximum atomic E-state index is 11.7. The summed E-state index contributed by atoms with van der Waals surface area (Å²) in [6, 6.07) is 0. The molecule has 0 bridgehead atoms. The van der Waals surface area contributed by atoms with Gasteiger partial charge in [-0.2, -0.15) is 0 Å². The molecule has 3 N–H and O–H groups in total. The van der Waals surface area contributed by atoms with Crippen molar-refractivity contribution < 1.29 is 8.42 Å². The lowest BCUT2D eigenvalue weighted by Gasteiger charge is -2.03. The van der Waals surface area contributed by atoms with Gasteiger partial charge in [0.1, 0.15) is 10.4 Å². The number of nitrogens with two attached hydrogens (primary N) is 1. The molecule has 0 aliphatic heterocycles. The van der Waals surface area contributed by atoms with Crippen LogP contribution in [-0.2, 0) is 10.0 Å². The molecule has 0 radical (unpaired) electrons. The van der Waals surface area contributed by atoms with E-state index < -0.39 is 10.0 Å². The van der Waals surface area contributed by atoms with Crippen LogP contribution in [0.4, 0.5) is 11.1 Å². The van der Waals surface area contributed by atoms with Gasteiger partial charge in [0.2, 0.25) is 11.1 Å². The maximum Gasteiger partial charge on any atom is 0.266 e. The van der Waals surface area contributed by atoms with Crippen LogP contribution >= 0.6 is 11.3 Å². The average molecular weight is 258 g/mol. The normalized spacial score (nSPS) is 11.2. The van der Waals surface area contributed by atoms with Gasteiger partial charge in [-0.3, -0.25) is 4.72 Å². The van der Waals surface area contributed by atoms with Gasteiger partial charge >= 0.3 is 0 Å². The molecule has 8 nitrogen and oxygen atoms in total. The zero-order valence-corrected chi connectivity index (χ0v) is 9.36. The highest BCUT2D eigenvalue weighted by atomic mass is 32.2. The molecule has 0 aromatic carbocycles. The van der Waals surface area contributed by atoms with Crippen molar-refractivity contribution in [2.75, 3.05) is 10.5 Å². The SMILES string of the molecule is Nc1ncc(S(=O)(=O)Nc2nncs2)cn1. The second-order valence-electron chi connectivity index (χ2n) is 2.63. The lowest BCUT2D eigenvalue weighted by atomic mass is 10.7. The highest BCUT2D eigenvalue weighted by Gasteiger charge is 2.16. The van der Waals surface area contributed by atoms with Crippen molar-refractivity contribution in [1.82, 2.24) is 20.2 Å². The van der Waals surface area contributed by atoms with Crippen molar-refractivity contribution in [3.63, 3.8) is 0 Å². The number of hydrogen-bond acceptors (Lipinski definition) is 8. The van der Waals surface area contributed by atoms with Crippen LogP contribution in [0, 0.1) is 0 Å². The Labute approximate surface area is 94.6 Å². The molecule has 16 heavy (non-hydrogen) atoms. The van der Waals surface area contributed by atoms with Gasteiger partial charge in [-0.25, -0.2) is 18.4 Å². The maximum absolute atomic E-state index is 11.7. The summed E-state index contributed by atoms with van der Waals surface area (Å²) in [7, 11) is -3.72. The second kappa shape index (κ2) is 3.98. The summed E-state index contributed by atoms with van der Waals surface area (Å²) in [5.41, 5.74) is 6.66. The van der Waals surface area contributed by atoms with Gasteiger partial charge in [0.15, 0.2) is 0 Å². The van der Waals surface area contributed by atoms with Crippen molar-refractivity contribution in [2.24, 2.45) is 0 Å². The van der Waals surface area contributed by atoms with E-state index in [0.717, 1.165) is 23.7 Å². The molecule has 0 fully saturated rings. The number of sulfonamides is 1. The molecule has 2 rings (SSSR count). The summed E-state index contributed by atoms with van der Waals surface area (Å²) in [5.74, 6) is 0.00913. The summed E-state index contributed by atoms with van der Waals surface area (Å²) in [6.45, 7) is 0. The fraction of sp³-hybridized carbons (Fsp3) is 0. The minimum atomic E-state index is -3.72. The van der Waals surface area contributed by atoms with E-state index in [-0.39, 0.29) is 16.0 Å². The molecule has 0 unspecified atom stereocenters. The Morgan fingerprint density at radius 1 is 1.31 bits per heavy atom. The van der Waals surface area contributed by atoms with E-state index in [1.807, 2.05) is 0 Å². The van der Waals surface area contributed by atoms with E-state index in [4.69, 9.17) is 5.73 Å². The Bertz CT molecular complexity index is 564. The van der Waals surface area contributed by atoms with Crippen molar-refractivity contribution in [3.8, 4) is 0 Å². The fourth-order valence-electron chi connectivity index (χ4n) is 0.856. The van der Waals surface area contributed by atoms with Crippen LogP contribution in [0.15, 0.2) is 22.8 Å². The second-order valence-corrected chi connectivity index (χ2v) is 5.14. The summed E-state index contributed by atoms with van der Waals surface area (Å²) in [5, 5.41) is 7.24. The first-order chi connectivity index (χ1) is 7.58. The number of nitrogen functional groups attached to an aromatic ring is 1. The van der Waals surface area contributed by atoms with Gasteiger partial charge < -0.3 is 5.73 Å². The zero-order valence-electron chi connectivity index (χ0n) is 7.73. The van der Waals surface area contributed by atoms with E-state index in [0.29, 0.717) is 0 Å². The summed E-state index contributed by atoms with van der Waals surface area (Å²) < 4.78 is 25.7. The predicted octanol–water partition coefficient (Wildman–Crippen LogP) is -0.289. The topological polar surface area (TPSA) is 124 Å². The Balaban J connectivity index is 2.29.